The van der Waals surface area contributed by atoms with Gasteiger partial charge in [-0.25, -0.2) is 4.68 Å². The molecule has 0 saturated heterocycles. The molecule has 1 rings (SSSR count). The lowest BCUT2D eigenvalue weighted by molar-refractivity contribution is 0.0674. The molecule has 0 fully saturated rings. The highest BCUT2D eigenvalue weighted by atomic mass is 35.5. The summed E-state index contributed by atoms with van der Waals surface area (Å²) in [5.74, 6) is 0.902. The van der Waals surface area contributed by atoms with Crippen molar-refractivity contribution in [3.8, 4) is 5.88 Å². The first-order valence-electron chi connectivity index (χ1n) is 6.53. The molecule has 0 saturated carbocycles. The van der Waals surface area contributed by atoms with Crippen molar-refractivity contribution < 1.29 is 9.53 Å². The molecule has 5 nitrogen and oxygen atoms in total. The summed E-state index contributed by atoms with van der Waals surface area (Å²) in [6, 6.07) is 1.85. The van der Waals surface area contributed by atoms with Gasteiger partial charge < -0.3 is 9.64 Å². The van der Waals surface area contributed by atoms with Gasteiger partial charge in [0.15, 0.2) is 5.69 Å². The van der Waals surface area contributed by atoms with Crippen LogP contribution < -0.4 is 4.74 Å². The molecule has 0 bridgehead atoms. The number of amides is 1. The molecule has 1 aromatic rings. The number of aromatic nitrogens is 2. The lowest BCUT2D eigenvalue weighted by atomic mass is 10.1. The van der Waals surface area contributed by atoms with E-state index < -0.39 is 0 Å². The first kappa shape index (κ1) is 15.8. The van der Waals surface area contributed by atoms with Crippen LogP contribution in [0.1, 0.15) is 37.2 Å². The van der Waals surface area contributed by atoms with Crippen LogP contribution in [-0.4, -0.2) is 46.2 Å². The number of ether oxygens (including phenoxy) is 1. The maximum atomic E-state index is 12.5. The summed E-state index contributed by atoms with van der Waals surface area (Å²) in [6.07, 6.45) is 1.81. The number of hydrogen-bond donors (Lipinski definition) is 0. The monoisotopic (exact) mass is 287 g/mol. The van der Waals surface area contributed by atoms with Gasteiger partial charge in [0, 0.05) is 31.6 Å². The summed E-state index contributed by atoms with van der Waals surface area (Å²) in [6.45, 7) is 4.68. The second-order valence-electron chi connectivity index (χ2n) is 4.35. The predicted molar refractivity (Wildman–Crippen MR) is 75.9 cm³/mol. The minimum Gasteiger partial charge on any atom is -0.481 e. The lowest BCUT2D eigenvalue weighted by Crippen LogP contribution is -2.41. The summed E-state index contributed by atoms with van der Waals surface area (Å²) in [5, 5.41) is 4.19. The Bertz CT molecular complexity index is 416. The van der Waals surface area contributed by atoms with Gasteiger partial charge >= 0.3 is 0 Å². The van der Waals surface area contributed by atoms with E-state index in [0.717, 1.165) is 12.8 Å². The standard InChI is InChI=1S/C13H22ClN3O2/c1-5-10(6-2)17(8-7-14)13(18)11-9-12(19-4)16(3)15-11/h9-10H,5-8H2,1-4H3. The fourth-order valence-corrected chi connectivity index (χ4v) is 2.35. The van der Waals surface area contributed by atoms with E-state index in [4.69, 9.17) is 16.3 Å². The van der Waals surface area contributed by atoms with E-state index in [1.807, 2.05) is 0 Å². The van der Waals surface area contributed by atoms with Crippen LogP contribution >= 0.6 is 11.6 Å². The number of alkyl halides is 1. The number of rotatable bonds is 7. The van der Waals surface area contributed by atoms with Crippen LogP contribution in [0.4, 0.5) is 0 Å². The van der Waals surface area contributed by atoms with Gasteiger partial charge in [-0.1, -0.05) is 13.8 Å². The highest BCUT2D eigenvalue weighted by Gasteiger charge is 2.24. The quantitative estimate of drug-likeness (QED) is 0.723. The fraction of sp³-hybridized carbons (Fsp3) is 0.692. The maximum absolute atomic E-state index is 12.5. The Morgan fingerprint density at radius 1 is 1.53 bits per heavy atom. The van der Waals surface area contributed by atoms with E-state index in [2.05, 4.69) is 18.9 Å². The Kier molecular flexibility index (Phi) is 6.15. The van der Waals surface area contributed by atoms with Crippen LogP contribution in [0.3, 0.4) is 0 Å². The molecule has 0 unspecified atom stereocenters. The fourth-order valence-electron chi connectivity index (χ4n) is 2.16. The number of carbonyl (C=O) groups excluding carboxylic acids is 1. The van der Waals surface area contributed by atoms with Gasteiger partial charge in [0.25, 0.3) is 5.91 Å². The summed E-state index contributed by atoms with van der Waals surface area (Å²) in [4.78, 5) is 14.3. The van der Waals surface area contributed by atoms with Gasteiger partial charge in [-0.15, -0.1) is 11.6 Å². The molecule has 0 aliphatic carbocycles. The van der Waals surface area contributed by atoms with Crippen LogP contribution in [0, 0.1) is 0 Å². The summed E-state index contributed by atoms with van der Waals surface area (Å²) < 4.78 is 6.69. The molecular formula is C13H22ClN3O2. The Labute approximate surface area is 119 Å². The molecule has 19 heavy (non-hydrogen) atoms. The minimum atomic E-state index is -0.0896. The summed E-state index contributed by atoms with van der Waals surface area (Å²) in [5.41, 5.74) is 0.399. The molecule has 1 aromatic heterocycles. The maximum Gasteiger partial charge on any atom is 0.274 e. The Morgan fingerprint density at radius 3 is 2.58 bits per heavy atom. The molecule has 0 radical (unpaired) electrons. The number of hydrogen-bond acceptors (Lipinski definition) is 3. The van der Waals surface area contributed by atoms with Gasteiger partial charge in [-0.3, -0.25) is 4.79 Å². The predicted octanol–water partition coefficient (Wildman–Crippen LogP) is 2.30. The average Bonchev–Trinajstić information content (AvgIpc) is 2.79. The topological polar surface area (TPSA) is 47.4 Å². The molecule has 6 heteroatoms. The van der Waals surface area contributed by atoms with Crippen LogP contribution in [0.15, 0.2) is 6.07 Å². The smallest absolute Gasteiger partial charge is 0.274 e. The zero-order chi connectivity index (χ0) is 14.4. The van der Waals surface area contributed by atoms with Crippen molar-refractivity contribution in [1.82, 2.24) is 14.7 Å². The second-order valence-corrected chi connectivity index (χ2v) is 4.73. The molecule has 0 spiro atoms. The highest BCUT2D eigenvalue weighted by Crippen LogP contribution is 2.17. The minimum absolute atomic E-state index is 0.0896. The van der Waals surface area contributed by atoms with Gasteiger partial charge in [-0.2, -0.15) is 5.10 Å². The van der Waals surface area contributed by atoms with Crippen molar-refractivity contribution in [2.24, 2.45) is 7.05 Å². The van der Waals surface area contributed by atoms with Gasteiger partial charge in [0.2, 0.25) is 5.88 Å². The normalized spacial score (nSPS) is 10.8. The van der Waals surface area contributed by atoms with Crippen molar-refractivity contribution in [2.75, 3.05) is 19.5 Å². The molecule has 1 amide bonds. The van der Waals surface area contributed by atoms with Gasteiger partial charge in [0.05, 0.1) is 7.11 Å². The number of halogens is 1. The van der Waals surface area contributed by atoms with Crippen LogP contribution in [-0.2, 0) is 7.05 Å². The third-order valence-corrected chi connectivity index (χ3v) is 3.40. The second kappa shape index (κ2) is 7.38. The molecule has 0 aromatic carbocycles. The van der Waals surface area contributed by atoms with E-state index in [0.29, 0.717) is 24.0 Å². The molecule has 1 heterocycles. The van der Waals surface area contributed by atoms with Crippen LogP contribution in [0.25, 0.3) is 0 Å². The van der Waals surface area contributed by atoms with E-state index in [1.54, 1.807) is 29.8 Å². The van der Waals surface area contributed by atoms with Crippen LogP contribution in [0.2, 0.25) is 0 Å². The van der Waals surface area contributed by atoms with Crippen molar-refractivity contribution >= 4 is 17.5 Å². The zero-order valence-electron chi connectivity index (χ0n) is 12.0. The van der Waals surface area contributed by atoms with E-state index >= 15 is 0 Å². The molecule has 0 aliphatic heterocycles. The van der Waals surface area contributed by atoms with Crippen molar-refractivity contribution in [1.29, 1.82) is 0 Å². The number of nitrogens with zero attached hydrogens (tertiary/aromatic N) is 3. The molecule has 0 N–H and O–H groups in total. The Morgan fingerprint density at radius 2 is 2.16 bits per heavy atom. The third kappa shape index (κ3) is 3.62. The van der Waals surface area contributed by atoms with E-state index in [1.165, 1.54) is 0 Å². The number of methoxy groups -OCH3 is 1. The number of aryl methyl sites for hydroxylation is 1. The Balaban J connectivity index is 2.97. The van der Waals surface area contributed by atoms with Crippen LogP contribution in [0.5, 0.6) is 5.88 Å². The molecule has 0 aliphatic rings. The van der Waals surface area contributed by atoms with Crippen molar-refractivity contribution in [3.05, 3.63) is 11.8 Å². The first-order chi connectivity index (χ1) is 9.08. The van der Waals surface area contributed by atoms with E-state index in [9.17, 15) is 4.79 Å². The first-order valence-corrected chi connectivity index (χ1v) is 7.07. The summed E-state index contributed by atoms with van der Waals surface area (Å²) in [7, 11) is 3.31. The SMILES string of the molecule is CCC(CC)N(CCCl)C(=O)c1cc(OC)n(C)n1. The van der Waals surface area contributed by atoms with Gasteiger partial charge in [0.1, 0.15) is 0 Å². The average molecular weight is 288 g/mol. The van der Waals surface area contributed by atoms with Crippen molar-refractivity contribution in [3.63, 3.8) is 0 Å². The molecule has 0 atom stereocenters. The zero-order valence-corrected chi connectivity index (χ0v) is 12.8. The van der Waals surface area contributed by atoms with E-state index in [-0.39, 0.29) is 11.9 Å². The van der Waals surface area contributed by atoms with Crippen molar-refractivity contribution in [2.45, 2.75) is 32.7 Å². The lowest BCUT2D eigenvalue weighted by Gasteiger charge is -2.29. The molecular weight excluding hydrogens is 266 g/mol. The largest absolute Gasteiger partial charge is 0.481 e. The third-order valence-electron chi connectivity index (χ3n) is 3.23. The Hall–Kier alpha value is -1.23. The molecule has 108 valence electrons. The van der Waals surface area contributed by atoms with Gasteiger partial charge in [-0.05, 0) is 12.8 Å². The highest BCUT2D eigenvalue weighted by molar-refractivity contribution is 6.18. The number of carbonyl (C=O) groups is 1. The summed E-state index contributed by atoms with van der Waals surface area (Å²) >= 11 is 5.81.